The van der Waals surface area contributed by atoms with Gasteiger partial charge in [0.05, 0.1) is 0 Å². The highest BCUT2D eigenvalue weighted by Gasteiger charge is 2.18. The maximum absolute atomic E-state index is 3.49. The van der Waals surface area contributed by atoms with Gasteiger partial charge in [-0.15, -0.1) is 0 Å². The first-order chi connectivity index (χ1) is 10.8. The van der Waals surface area contributed by atoms with Crippen molar-refractivity contribution in [1.82, 2.24) is 9.88 Å². The molecule has 0 spiro atoms. The molecule has 2 N–H and O–H groups in total. The molecule has 3 aromatic rings. The van der Waals surface area contributed by atoms with Crippen LogP contribution in [0.1, 0.15) is 11.3 Å². The molecule has 0 atom stereocenters. The Hall–Kier alpha value is -1.91. The molecule has 112 valence electrons. The third kappa shape index (κ3) is 2.38. The molecule has 4 rings (SSSR count). The van der Waals surface area contributed by atoms with Gasteiger partial charge in [0.15, 0.2) is 0 Å². The van der Waals surface area contributed by atoms with Crippen LogP contribution < -0.4 is 10.0 Å². The first-order valence-corrected chi connectivity index (χ1v) is 8.43. The van der Waals surface area contributed by atoms with Gasteiger partial charge in [0.25, 0.3) is 0 Å². The molecular weight excluding hydrogens is 290 g/mol. The Morgan fingerprint density at radius 2 is 2.00 bits per heavy atom. The first-order valence-electron chi connectivity index (χ1n) is 7.62. The molecule has 4 heteroatoms. The van der Waals surface area contributed by atoms with Crippen molar-refractivity contribution in [2.24, 2.45) is 7.05 Å². The molecule has 0 bridgehead atoms. The maximum Gasteiger partial charge on any atom is 0.0484 e. The number of nitrogens with zero attached hydrogens (tertiary/aromatic N) is 1. The van der Waals surface area contributed by atoms with E-state index >= 15 is 0 Å². The molecule has 1 aliphatic heterocycles. The molecule has 2 aromatic carbocycles. The van der Waals surface area contributed by atoms with E-state index in [-0.39, 0.29) is 0 Å². The predicted octanol–water partition coefficient (Wildman–Crippen LogP) is 3.94. The van der Waals surface area contributed by atoms with E-state index < -0.39 is 0 Å². The number of anilines is 1. The monoisotopic (exact) mass is 309 g/mol. The lowest BCUT2D eigenvalue weighted by Gasteiger charge is -2.14. The van der Waals surface area contributed by atoms with E-state index in [1.54, 1.807) is 11.9 Å². The van der Waals surface area contributed by atoms with Crippen LogP contribution in [-0.2, 0) is 20.0 Å². The summed E-state index contributed by atoms with van der Waals surface area (Å²) in [5.74, 6) is 0. The highest BCUT2D eigenvalue weighted by Crippen LogP contribution is 2.31. The van der Waals surface area contributed by atoms with Gasteiger partial charge < -0.3 is 14.6 Å². The fraction of sp³-hybridized carbons (Fsp3) is 0.222. The molecule has 1 aliphatic rings. The van der Waals surface area contributed by atoms with Crippen LogP contribution in [0, 0.1) is 0 Å². The largest absolute Gasteiger partial charge is 0.347 e. The summed E-state index contributed by atoms with van der Waals surface area (Å²) in [5, 5.41) is 4.87. The molecule has 22 heavy (non-hydrogen) atoms. The van der Waals surface area contributed by atoms with Gasteiger partial charge in [-0.25, -0.2) is 0 Å². The molecule has 3 nitrogen and oxygen atoms in total. The van der Waals surface area contributed by atoms with Crippen molar-refractivity contribution in [2.45, 2.75) is 17.9 Å². The molecule has 0 saturated heterocycles. The van der Waals surface area contributed by atoms with E-state index in [9.17, 15) is 0 Å². The lowest BCUT2D eigenvalue weighted by Crippen LogP contribution is -2.24. The van der Waals surface area contributed by atoms with Crippen LogP contribution in [0.2, 0.25) is 0 Å². The molecule has 0 unspecified atom stereocenters. The number of aromatic nitrogens is 1. The minimum Gasteiger partial charge on any atom is -0.347 e. The average molecular weight is 309 g/mol. The van der Waals surface area contributed by atoms with Crippen molar-refractivity contribution in [1.29, 1.82) is 0 Å². The van der Waals surface area contributed by atoms with Crippen LogP contribution in [0.3, 0.4) is 0 Å². The second kappa shape index (κ2) is 5.71. The fourth-order valence-electron chi connectivity index (χ4n) is 3.18. The Bertz CT molecular complexity index is 808. The van der Waals surface area contributed by atoms with Gasteiger partial charge in [0.1, 0.15) is 0 Å². The van der Waals surface area contributed by atoms with Gasteiger partial charge in [-0.05, 0) is 47.8 Å². The molecule has 2 heterocycles. The number of hydrogen-bond donors (Lipinski definition) is 2. The van der Waals surface area contributed by atoms with Crippen LogP contribution in [0.25, 0.3) is 10.9 Å². The van der Waals surface area contributed by atoms with Crippen LogP contribution in [-0.4, -0.2) is 11.1 Å². The summed E-state index contributed by atoms with van der Waals surface area (Å²) in [7, 11) is 2.18. The Morgan fingerprint density at radius 3 is 2.86 bits per heavy atom. The van der Waals surface area contributed by atoms with Gasteiger partial charge in [0, 0.05) is 53.7 Å². The number of fused-ring (bicyclic) bond motifs is 3. The van der Waals surface area contributed by atoms with Crippen LogP contribution in [0.5, 0.6) is 0 Å². The summed E-state index contributed by atoms with van der Waals surface area (Å²) in [6, 6.07) is 17.0. The van der Waals surface area contributed by atoms with Gasteiger partial charge in [-0.2, -0.15) is 0 Å². The van der Waals surface area contributed by atoms with Crippen molar-refractivity contribution in [3.05, 3.63) is 59.8 Å². The summed E-state index contributed by atoms with van der Waals surface area (Å²) < 4.78 is 5.76. The average Bonchev–Trinajstić information content (AvgIpc) is 2.87. The number of para-hydroxylation sites is 1. The first kappa shape index (κ1) is 13.7. The summed E-state index contributed by atoms with van der Waals surface area (Å²) in [4.78, 5) is 1.25. The Kier molecular flexibility index (Phi) is 3.56. The summed E-state index contributed by atoms with van der Waals surface area (Å²) in [6.07, 6.45) is 1.12. The lowest BCUT2D eigenvalue weighted by atomic mass is 10.1. The number of aryl methyl sites for hydroxylation is 1. The Balaban J connectivity index is 1.66. The zero-order valence-corrected chi connectivity index (χ0v) is 13.4. The van der Waals surface area contributed by atoms with Crippen LogP contribution in [0.15, 0.2) is 53.4 Å². The molecule has 0 saturated carbocycles. The van der Waals surface area contributed by atoms with Gasteiger partial charge >= 0.3 is 0 Å². The number of rotatable bonds is 3. The third-order valence-electron chi connectivity index (χ3n) is 4.31. The number of hydrogen-bond acceptors (Lipinski definition) is 3. The minimum absolute atomic E-state index is 0.979. The standard InChI is InChI=1S/C18H19N3S/c1-21-17-8-7-14(22-20-13-5-3-2-4-6-13)11-15(17)16-12-19-10-9-18(16)21/h2-8,11,19-20H,9-10,12H2,1H3. The van der Waals surface area contributed by atoms with Gasteiger partial charge in [0.2, 0.25) is 0 Å². The van der Waals surface area contributed by atoms with E-state index in [2.05, 4.69) is 52.0 Å². The van der Waals surface area contributed by atoms with E-state index in [0.717, 1.165) is 25.2 Å². The smallest absolute Gasteiger partial charge is 0.0484 e. The summed E-state index contributed by atoms with van der Waals surface area (Å²) in [5.41, 5.74) is 5.40. The van der Waals surface area contributed by atoms with Gasteiger partial charge in [-0.1, -0.05) is 18.2 Å². The topological polar surface area (TPSA) is 29.0 Å². The summed E-state index contributed by atoms with van der Waals surface area (Å²) >= 11 is 1.67. The lowest BCUT2D eigenvalue weighted by molar-refractivity contribution is 0.622. The zero-order valence-electron chi connectivity index (χ0n) is 12.6. The van der Waals surface area contributed by atoms with Crippen molar-refractivity contribution in [2.75, 3.05) is 11.3 Å². The van der Waals surface area contributed by atoms with Gasteiger partial charge in [-0.3, -0.25) is 0 Å². The quantitative estimate of drug-likeness (QED) is 0.718. The second-order valence-corrected chi connectivity index (χ2v) is 6.54. The number of nitrogens with one attached hydrogen (secondary N) is 2. The van der Waals surface area contributed by atoms with E-state index in [1.807, 2.05) is 18.2 Å². The van der Waals surface area contributed by atoms with Crippen molar-refractivity contribution in [3.63, 3.8) is 0 Å². The molecule has 1 aromatic heterocycles. The zero-order chi connectivity index (χ0) is 14.9. The van der Waals surface area contributed by atoms with Crippen LogP contribution >= 0.6 is 11.9 Å². The highest BCUT2D eigenvalue weighted by molar-refractivity contribution is 8.00. The van der Waals surface area contributed by atoms with E-state index in [1.165, 1.54) is 27.1 Å². The molecule has 0 amide bonds. The Morgan fingerprint density at radius 1 is 1.14 bits per heavy atom. The highest BCUT2D eigenvalue weighted by atomic mass is 32.2. The van der Waals surface area contributed by atoms with E-state index in [0.29, 0.717) is 0 Å². The Labute approximate surface area is 134 Å². The molecular formula is C18H19N3S. The fourth-order valence-corrected chi connectivity index (χ4v) is 3.86. The maximum atomic E-state index is 3.49. The number of benzene rings is 2. The van der Waals surface area contributed by atoms with Crippen molar-refractivity contribution in [3.8, 4) is 0 Å². The predicted molar refractivity (Wildman–Crippen MR) is 94.3 cm³/mol. The molecule has 0 radical (unpaired) electrons. The minimum atomic E-state index is 0.979. The van der Waals surface area contributed by atoms with Crippen LogP contribution in [0.4, 0.5) is 5.69 Å². The normalized spacial score (nSPS) is 14.0. The second-order valence-electron chi connectivity index (χ2n) is 5.66. The van der Waals surface area contributed by atoms with Crippen molar-refractivity contribution >= 4 is 28.5 Å². The third-order valence-corrected chi connectivity index (χ3v) is 5.14. The van der Waals surface area contributed by atoms with Crippen molar-refractivity contribution < 1.29 is 0 Å². The molecule has 0 fully saturated rings. The summed E-state index contributed by atoms with van der Waals surface area (Å²) in [6.45, 7) is 2.06. The SMILES string of the molecule is Cn1c2c(c3cc(SNc4ccccc4)ccc31)CNCC2. The molecule has 0 aliphatic carbocycles. The van der Waals surface area contributed by atoms with E-state index in [4.69, 9.17) is 0 Å².